The number of ketones is 3. The minimum atomic E-state index is -1.29. The van der Waals surface area contributed by atoms with Crippen molar-refractivity contribution in [3.63, 3.8) is 0 Å². The Balaban J connectivity index is 1.90. The van der Waals surface area contributed by atoms with Crippen LogP contribution < -0.4 is 0 Å². The molecule has 0 unspecified atom stereocenters. The summed E-state index contributed by atoms with van der Waals surface area (Å²) in [5, 5.41) is 0. The molecule has 0 heterocycles. The Morgan fingerprint density at radius 1 is 0.714 bits per heavy atom. The van der Waals surface area contributed by atoms with Crippen molar-refractivity contribution in [3.05, 3.63) is 107 Å². The summed E-state index contributed by atoms with van der Waals surface area (Å²) in [6.45, 7) is 1.93. The SMILES string of the molecule is CCC(C(=O)C1C(=O)c2ccccc2C1=O)(c1ccccc1)c1ccccc1. The molecule has 3 nitrogen and oxygen atoms in total. The Morgan fingerprint density at radius 3 is 1.50 bits per heavy atom. The standard InChI is InChI=1S/C25H20O3/c1-2-25(17-11-5-3-6-12-17,18-13-7-4-8-14-18)24(28)21-22(26)19-15-9-10-16-20(19)23(21)27/h3-16,21H,2H2,1H3. The second kappa shape index (κ2) is 7.01. The molecule has 0 amide bonds. The first-order valence-corrected chi connectivity index (χ1v) is 9.44. The van der Waals surface area contributed by atoms with Crippen LogP contribution >= 0.6 is 0 Å². The average Bonchev–Trinajstić information content (AvgIpc) is 3.01. The van der Waals surface area contributed by atoms with Gasteiger partial charge in [-0.2, -0.15) is 0 Å². The average molecular weight is 368 g/mol. The van der Waals surface area contributed by atoms with Crippen LogP contribution in [0.4, 0.5) is 0 Å². The topological polar surface area (TPSA) is 51.2 Å². The van der Waals surface area contributed by atoms with Gasteiger partial charge in [0.05, 0.1) is 5.41 Å². The van der Waals surface area contributed by atoms with Gasteiger partial charge in [-0.25, -0.2) is 0 Å². The van der Waals surface area contributed by atoms with Gasteiger partial charge in [0.1, 0.15) is 5.92 Å². The number of Topliss-reactive ketones (excluding diaryl/α,β-unsaturated/α-hetero) is 3. The molecule has 0 fully saturated rings. The van der Waals surface area contributed by atoms with Crippen LogP contribution in [0.3, 0.4) is 0 Å². The quantitative estimate of drug-likeness (QED) is 0.616. The summed E-state index contributed by atoms with van der Waals surface area (Å²) >= 11 is 0. The molecule has 0 saturated heterocycles. The van der Waals surface area contributed by atoms with Crippen molar-refractivity contribution < 1.29 is 14.4 Å². The highest BCUT2D eigenvalue weighted by molar-refractivity contribution is 6.37. The Labute approximate surface area is 164 Å². The number of fused-ring (bicyclic) bond motifs is 1. The third-order valence-electron chi connectivity index (χ3n) is 5.73. The van der Waals surface area contributed by atoms with Crippen LogP contribution in [0.5, 0.6) is 0 Å². The molecule has 0 aromatic heterocycles. The molecule has 3 aromatic carbocycles. The van der Waals surface area contributed by atoms with E-state index in [1.54, 1.807) is 24.3 Å². The van der Waals surface area contributed by atoms with E-state index in [2.05, 4.69) is 0 Å². The molecule has 0 aliphatic heterocycles. The van der Waals surface area contributed by atoms with Gasteiger partial charge in [0, 0.05) is 11.1 Å². The van der Waals surface area contributed by atoms with Gasteiger partial charge < -0.3 is 0 Å². The van der Waals surface area contributed by atoms with Gasteiger partial charge in [0.25, 0.3) is 0 Å². The highest BCUT2D eigenvalue weighted by Gasteiger charge is 2.51. The molecule has 0 atom stereocenters. The summed E-state index contributed by atoms with van der Waals surface area (Å²) in [5.74, 6) is -2.43. The molecule has 1 aliphatic carbocycles. The van der Waals surface area contributed by atoms with Crippen LogP contribution in [0.15, 0.2) is 84.9 Å². The lowest BCUT2D eigenvalue weighted by molar-refractivity contribution is -0.124. The van der Waals surface area contributed by atoms with E-state index in [1.807, 2.05) is 67.6 Å². The van der Waals surface area contributed by atoms with E-state index in [0.29, 0.717) is 17.5 Å². The highest BCUT2D eigenvalue weighted by atomic mass is 16.2. The zero-order valence-corrected chi connectivity index (χ0v) is 15.6. The van der Waals surface area contributed by atoms with E-state index in [1.165, 1.54) is 0 Å². The first kappa shape index (κ1) is 18.1. The van der Waals surface area contributed by atoms with E-state index < -0.39 is 22.9 Å². The molecule has 0 spiro atoms. The number of carbonyl (C=O) groups excluding carboxylic acids is 3. The molecule has 4 rings (SSSR count). The van der Waals surface area contributed by atoms with E-state index in [4.69, 9.17) is 0 Å². The summed E-state index contributed by atoms with van der Waals surface area (Å²) in [7, 11) is 0. The third-order valence-corrected chi connectivity index (χ3v) is 5.73. The maximum atomic E-state index is 13.9. The molecule has 138 valence electrons. The van der Waals surface area contributed by atoms with Gasteiger partial charge >= 0.3 is 0 Å². The predicted octanol–water partition coefficient (Wildman–Crippen LogP) is 4.65. The lowest BCUT2D eigenvalue weighted by Crippen LogP contribution is -2.44. The molecular formula is C25H20O3. The Morgan fingerprint density at radius 2 is 1.11 bits per heavy atom. The Bertz CT molecular complexity index is 977. The number of hydrogen-bond acceptors (Lipinski definition) is 3. The minimum Gasteiger partial charge on any atom is -0.297 e. The highest BCUT2D eigenvalue weighted by Crippen LogP contribution is 2.41. The van der Waals surface area contributed by atoms with Gasteiger partial charge in [0.15, 0.2) is 17.3 Å². The van der Waals surface area contributed by atoms with Crippen molar-refractivity contribution in [1.82, 2.24) is 0 Å². The van der Waals surface area contributed by atoms with Crippen LogP contribution in [0.2, 0.25) is 0 Å². The monoisotopic (exact) mass is 368 g/mol. The van der Waals surface area contributed by atoms with Crippen LogP contribution in [0.1, 0.15) is 45.2 Å². The minimum absolute atomic E-state index is 0.344. The number of benzene rings is 3. The number of carbonyl (C=O) groups is 3. The lowest BCUT2D eigenvalue weighted by atomic mass is 9.65. The second-order valence-corrected chi connectivity index (χ2v) is 7.06. The van der Waals surface area contributed by atoms with Crippen molar-refractivity contribution in [2.24, 2.45) is 5.92 Å². The zero-order chi connectivity index (χ0) is 19.7. The van der Waals surface area contributed by atoms with Crippen LogP contribution in [-0.2, 0) is 10.2 Å². The maximum Gasteiger partial charge on any atom is 0.181 e. The molecule has 0 N–H and O–H groups in total. The summed E-state index contributed by atoms with van der Waals surface area (Å²) in [6.07, 6.45) is 0.452. The van der Waals surface area contributed by atoms with Crippen LogP contribution in [-0.4, -0.2) is 17.3 Å². The molecule has 0 bridgehead atoms. The summed E-state index contributed by atoms with van der Waals surface area (Å²) in [5.41, 5.74) is 1.23. The van der Waals surface area contributed by atoms with E-state index in [-0.39, 0.29) is 5.78 Å². The van der Waals surface area contributed by atoms with E-state index >= 15 is 0 Å². The van der Waals surface area contributed by atoms with Crippen LogP contribution in [0.25, 0.3) is 0 Å². The fourth-order valence-electron chi connectivity index (χ4n) is 4.31. The normalized spacial score (nSPS) is 14.2. The third kappa shape index (κ3) is 2.55. The molecule has 3 aromatic rings. The molecule has 0 saturated carbocycles. The van der Waals surface area contributed by atoms with Crippen LogP contribution in [0, 0.1) is 5.92 Å². The molecular weight excluding hydrogens is 348 g/mol. The van der Waals surface area contributed by atoms with E-state index in [0.717, 1.165) is 11.1 Å². The fraction of sp³-hybridized carbons (Fsp3) is 0.160. The summed E-state index contributed by atoms with van der Waals surface area (Å²) in [6, 6.07) is 25.6. The van der Waals surface area contributed by atoms with Gasteiger partial charge in [-0.05, 0) is 17.5 Å². The first-order valence-electron chi connectivity index (χ1n) is 9.44. The summed E-state index contributed by atoms with van der Waals surface area (Å²) in [4.78, 5) is 40.0. The lowest BCUT2D eigenvalue weighted by Gasteiger charge is -2.34. The second-order valence-electron chi connectivity index (χ2n) is 7.06. The smallest absolute Gasteiger partial charge is 0.181 e. The van der Waals surface area contributed by atoms with Crippen molar-refractivity contribution >= 4 is 17.3 Å². The van der Waals surface area contributed by atoms with Crippen molar-refractivity contribution in [2.45, 2.75) is 18.8 Å². The molecule has 3 heteroatoms. The number of rotatable bonds is 5. The van der Waals surface area contributed by atoms with E-state index in [9.17, 15) is 14.4 Å². The Kier molecular flexibility index (Phi) is 4.52. The molecule has 28 heavy (non-hydrogen) atoms. The molecule has 1 aliphatic rings. The summed E-state index contributed by atoms with van der Waals surface area (Å²) < 4.78 is 0. The zero-order valence-electron chi connectivity index (χ0n) is 15.6. The van der Waals surface area contributed by atoms with Crippen molar-refractivity contribution in [2.75, 3.05) is 0 Å². The largest absolute Gasteiger partial charge is 0.297 e. The number of hydrogen-bond donors (Lipinski definition) is 0. The first-order chi connectivity index (χ1) is 13.6. The van der Waals surface area contributed by atoms with Gasteiger partial charge in [-0.1, -0.05) is 91.9 Å². The van der Waals surface area contributed by atoms with Gasteiger partial charge in [-0.3, -0.25) is 14.4 Å². The van der Waals surface area contributed by atoms with Crippen molar-refractivity contribution in [1.29, 1.82) is 0 Å². The fourth-order valence-corrected chi connectivity index (χ4v) is 4.31. The van der Waals surface area contributed by atoms with Gasteiger partial charge in [0.2, 0.25) is 0 Å². The van der Waals surface area contributed by atoms with Crippen molar-refractivity contribution in [3.8, 4) is 0 Å². The maximum absolute atomic E-state index is 13.9. The molecule has 0 radical (unpaired) electrons. The Hall–Kier alpha value is -3.33. The van der Waals surface area contributed by atoms with Gasteiger partial charge in [-0.15, -0.1) is 0 Å². The predicted molar refractivity (Wildman–Crippen MR) is 108 cm³/mol.